The highest BCUT2D eigenvalue weighted by atomic mass is 32.2. The van der Waals surface area contributed by atoms with Crippen molar-refractivity contribution in [2.24, 2.45) is 0 Å². The lowest BCUT2D eigenvalue weighted by molar-refractivity contribution is -0.162. The molecule has 3 aromatic carbocycles. The SMILES string of the molecule is Cc1ccc([C@]23C[C@@]45SC(=S)S[C@@](C)(C(=O)N4[C@H]2N(S(=O)(=O)c2ccccc2)c2ccccc23)N(C)C5=O)cc1. The van der Waals surface area contributed by atoms with E-state index in [1.165, 1.54) is 32.7 Å². The van der Waals surface area contributed by atoms with Gasteiger partial charge >= 0.3 is 0 Å². The third kappa shape index (κ3) is 3.04. The highest BCUT2D eigenvalue weighted by Crippen LogP contribution is 2.68. The molecule has 1 spiro atoms. The Bertz CT molecular complexity index is 1730. The normalized spacial score (nSPS) is 30.8. The minimum atomic E-state index is -4.17. The van der Waals surface area contributed by atoms with Crippen molar-refractivity contribution in [1.82, 2.24) is 9.80 Å². The van der Waals surface area contributed by atoms with Crippen LogP contribution in [0.25, 0.3) is 0 Å². The molecule has 2 amide bonds. The third-order valence-corrected chi connectivity index (χ3v) is 13.5. The summed E-state index contributed by atoms with van der Waals surface area (Å²) in [6.45, 7) is 3.69. The van der Waals surface area contributed by atoms with E-state index in [4.69, 9.17) is 12.2 Å². The number of likely N-dealkylation sites (N-methyl/N-ethyl adjacent to an activating group) is 1. The number of carbonyl (C=O) groups is 2. The second-order valence-corrected chi connectivity index (χ2v) is 16.5. The summed E-state index contributed by atoms with van der Waals surface area (Å²) in [5, 5.41) is 0. The zero-order valence-corrected chi connectivity index (χ0v) is 25.2. The van der Waals surface area contributed by atoms with Gasteiger partial charge in [0.1, 0.15) is 9.69 Å². The summed E-state index contributed by atoms with van der Waals surface area (Å²) in [7, 11) is -2.53. The van der Waals surface area contributed by atoms with Crippen LogP contribution in [0.3, 0.4) is 0 Å². The van der Waals surface area contributed by atoms with E-state index >= 15 is 0 Å². The van der Waals surface area contributed by atoms with Crippen LogP contribution in [0.1, 0.15) is 30.0 Å². The lowest BCUT2D eigenvalue weighted by atomic mass is 9.72. The monoisotopic (exact) mass is 607 g/mol. The fourth-order valence-corrected chi connectivity index (χ4v) is 12.2. The van der Waals surface area contributed by atoms with Gasteiger partial charge in [-0.3, -0.25) is 14.5 Å². The van der Waals surface area contributed by atoms with E-state index in [9.17, 15) is 18.0 Å². The summed E-state index contributed by atoms with van der Waals surface area (Å²) < 4.78 is 31.0. The van der Waals surface area contributed by atoms with Crippen LogP contribution in [0.2, 0.25) is 0 Å². The van der Waals surface area contributed by atoms with Crippen LogP contribution >= 0.6 is 35.7 Å². The molecule has 0 saturated carbocycles. The van der Waals surface area contributed by atoms with Crippen molar-refractivity contribution in [3.63, 3.8) is 0 Å². The van der Waals surface area contributed by atoms with E-state index in [1.807, 2.05) is 49.4 Å². The van der Waals surface area contributed by atoms with Crippen LogP contribution in [-0.4, -0.2) is 56.5 Å². The van der Waals surface area contributed by atoms with Gasteiger partial charge in [-0.15, -0.1) is 0 Å². The summed E-state index contributed by atoms with van der Waals surface area (Å²) in [6.07, 6.45) is -0.835. The number of anilines is 1. The van der Waals surface area contributed by atoms with E-state index in [2.05, 4.69) is 0 Å². The Morgan fingerprint density at radius 3 is 2.25 bits per heavy atom. The highest BCUT2D eigenvalue weighted by Gasteiger charge is 2.78. The molecule has 40 heavy (non-hydrogen) atoms. The molecular weight excluding hydrogens is 583 g/mol. The first-order valence-electron chi connectivity index (χ1n) is 12.8. The van der Waals surface area contributed by atoms with Crippen LogP contribution in [0.4, 0.5) is 5.69 Å². The number of amides is 2. The number of thioether (sulfide) groups is 2. The molecule has 0 N–H and O–H groups in total. The smallest absolute Gasteiger partial charge is 0.266 e. The molecule has 4 fully saturated rings. The fraction of sp³-hybridized carbons (Fsp3) is 0.276. The van der Waals surface area contributed by atoms with Crippen LogP contribution in [0.5, 0.6) is 0 Å². The van der Waals surface area contributed by atoms with Gasteiger partial charge in [-0.2, -0.15) is 0 Å². The first-order valence-corrected chi connectivity index (χ1v) is 16.3. The first-order chi connectivity index (χ1) is 19.0. The van der Waals surface area contributed by atoms with E-state index in [-0.39, 0.29) is 23.1 Å². The standard InChI is InChI=1S/C29H25N3O4S4/c1-18-13-15-19(16-14-18)28-17-29-25(34)30(3)27(2,38-26(37)39-29)24(33)31(29)23(28)32(22-12-8-7-11-21(22)28)40(35,36)20-9-5-4-6-10-20/h4-16,23H,17H2,1-3H3/t23-,27-,28-,29-/m0/s1. The zero-order valence-electron chi connectivity index (χ0n) is 21.9. The maximum Gasteiger partial charge on any atom is 0.266 e. The molecule has 0 radical (unpaired) electrons. The molecule has 0 aromatic heterocycles. The van der Waals surface area contributed by atoms with Gasteiger partial charge in [0.25, 0.3) is 21.8 Å². The third-order valence-electron chi connectivity index (χ3n) is 8.73. The Kier molecular flexibility index (Phi) is 5.44. The Labute approximate surface area is 247 Å². The average Bonchev–Trinajstić information content (AvgIpc) is 3.34. The lowest BCUT2D eigenvalue weighted by Gasteiger charge is -2.50. The summed E-state index contributed by atoms with van der Waals surface area (Å²) in [4.78, 5) is 29.5. The Morgan fingerprint density at radius 1 is 0.900 bits per heavy atom. The number of hydrogen-bond donors (Lipinski definition) is 0. The number of thiocarbonyl (C=S) groups is 1. The predicted octanol–water partition coefficient (Wildman–Crippen LogP) is 4.70. The number of aryl methyl sites for hydroxylation is 1. The number of piperazine rings is 1. The lowest BCUT2D eigenvalue weighted by Crippen LogP contribution is -2.72. The molecule has 11 heteroatoms. The van der Waals surface area contributed by atoms with E-state index in [1.54, 1.807) is 55.3 Å². The summed E-state index contributed by atoms with van der Waals surface area (Å²) in [5.74, 6) is -0.575. The largest absolute Gasteiger partial charge is 0.320 e. The molecule has 8 rings (SSSR count). The van der Waals surface area contributed by atoms with E-state index in [0.29, 0.717) is 9.22 Å². The van der Waals surface area contributed by atoms with Gasteiger partial charge in [-0.05, 0) is 43.2 Å². The molecule has 5 aliphatic heterocycles. The molecule has 5 heterocycles. The van der Waals surface area contributed by atoms with Crippen LogP contribution in [-0.2, 0) is 25.0 Å². The molecular formula is C29H25N3O4S4. The van der Waals surface area contributed by atoms with Crippen molar-refractivity contribution in [1.29, 1.82) is 0 Å². The number of carbonyl (C=O) groups excluding carboxylic acids is 2. The average molecular weight is 608 g/mol. The Balaban J connectivity index is 1.60. The molecule has 5 aliphatic rings. The van der Waals surface area contributed by atoms with Gasteiger partial charge in [0, 0.05) is 13.5 Å². The second kappa shape index (κ2) is 8.34. The molecule has 3 aromatic rings. The summed E-state index contributed by atoms with van der Waals surface area (Å²) >= 11 is 8.12. The number of benzene rings is 3. The molecule has 4 saturated heterocycles. The van der Waals surface area contributed by atoms with Gasteiger partial charge in [-0.25, -0.2) is 12.7 Å². The minimum Gasteiger partial charge on any atom is -0.320 e. The number of sulfonamides is 1. The maximum absolute atomic E-state index is 14.7. The number of hydrogen-bond acceptors (Lipinski definition) is 7. The van der Waals surface area contributed by atoms with Gasteiger partial charge < -0.3 is 4.90 Å². The molecule has 4 atom stereocenters. The van der Waals surface area contributed by atoms with Gasteiger partial charge in [0.2, 0.25) is 0 Å². The van der Waals surface area contributed by atoms with Crippen molar-refractivity contribution in [3.8, 4) is 0 Å². The Morgan fingerprint density at radius 2 is 1.55 bits per heavy atom. The second-order valence-electron chi connectivity index (χ2n) is 10.8. The van der Waals surface area contributed by atoms with Crippen LogP contribution in [0.15, 0.2) is 83.8 Å². The molecule has 0 aliphatic carbocycles. The number of fused-ring (bicyclic) bond motifs is 6. The molecule has 2 bridgehead atoms. The Hall–Kier alpha value is -2.86. The van der Waals surface area contributed by atoms with Gasteiger partial charge in [-0.1, -0.05) is 102 Å². The van der Waals surface area contributed by atoms with Gasteiger partial charge in [0.05, 0.1) is 16.0 Å². The fourth-order valence-electron chi connectivity index (χ4n) is 6.75. The van der Waals surface area contributed by atoms with E-state index < -0.39 is 31.3 Å². The maximum atomic E-state index is 14.7. The van der Waals surface area contributed by atoms with Crippen molar-refractivity contribution in [2.75, 3.05) is 11.4 Å². The van der Waals surface area contributed by atoms with Crippen molar-refractivity contribution < 1.29 is 18.0 Å². The molecule has 0 unspecified atom stereocenters. The predicted molar refractivity (Wildman–Crippen MR) is 161 cm³/mol. The van der Waals surface area contributed by atoms with E-state index in [0.717, 1.165) is 16.7 Å². The number of rotatable bonds is 3. The van der Waals surface area contributed by atoms with Crippen molar-refractivity contribution in [2.45, 2.75) is 46.5 Å². The topological polar surface area (TPSA) is 78.0 Å². The van der Waals surface area contributed by atoms with Crippen molar-refractivity contribution >= 4 is 66.8 Å². The molecule has 7 nitrogen and oxygen atoms in total. The summed E-state index contributed by atoms with van der Waals surface area (Å²) in [6, 6.07) is 23.6. The highest BCUT2D eigenvalue weighted by molar-refractivity contribution is 8.48. The van der Waals surface area contributed by atoms with Gasteiger partial charge in [0.15, 0.2) is 9.74 Å². The quantitative estimate of drug-likeness (QED) is 0.400. The zero-order chi connectivity index (χ0) is 28.2. The number of para-hydroxylation sites is 1. The summed E-state index contributed by atoms with van der Waals surface area (Å²) in [5.41, 5.74) is 2.15. The van der Waals surface area contributed by atoms with Crippen LogP contribution in [0, 0.1) is 6.92 Å². The van der Waals surface area contributed by atoms with Crippen LogP contribution < -0.4 is 4.31 Å². The minimum absolute atomic E-state index is 0.116. The molecule has 204 valence electrons. The van der Waals surface area contributed by atoms with Crippen molar-refractivity contribution in [3.05, 3.63) is 95.6 Å². The number of nitrogens with zero attached hydrogens (tertiary/aromatic N) is 3. The first kappa shape index (κ1) is 26.1.